The summed E-state index contributed by atoms with van der Waals surface area (Å²) in [7, 11) is -1.91. The quantitative estimate of drug-likeness (QED) is 0.362. The Labute approximate surface area is 206 Å². The average molecular weight is 507 g/mol. The molecule has 4 N–H and O–H groups in total. The van der Waals surface area contributed by atoms with Crippen molar-refractivity contribution in [1.82, 2.24) is 5.32 Å². The van der Waals surface area contributed by atoms with Crippen molar-refractivity contribution in [3.63, 3.8) is 0 Å². The summed E-state index contributed by atoms with van der Waals surface area (Å²) in [5.41, 5.74) is -0.979. The van der Waals surface area contributed by atoms with Gasteiger partial charge in [0.1, 0.15) is 18.1 Å². The van der Waals surface area contributed by atoms with Gasteiger partial charge >= 0.3 is 13.5 Å². The van der Waals surface area contributed by atoms with Gasteiger partial charge in [-0.25, -0.2) is 0 Å². The van der Waals surface area contributed by atoms with Crippen LogP contribution in [0.3, 0.4) is 0 Å². The third kappa shape index (κ3) is 7.89. The number of nitriles is 1. The number of rotatable bonds is 10. The summed E-state index contributed by atoms with van der Waals surface area (Å²) >= 11 is 0. The highest BCUT2D eigenvalue weighted by Gasteiger charge is 2.32. The molecule has 192 valence electrons. The largest absolute Gasteiger partial charge is 0.573 e. The van der Waals surface area contributed by atoms with Gasteiger partial charge in [-0.05, 0) is 49.2 Å². The first kappa shape index (κ1) is 28.5. The number of ether oxygens (including phenoxy) is 2. The third-order valence-corrected chi connectivity index (χ3v) is 4.88. The van der Waals surface area contributed by atoms with Crippen LogP contribution in [0.15, 0.2) is 36.4 Å². The number of nitrogens with zero attached hydrogens (tertiary/aromatic N) is 1. The maximum atomic E-state index is 12.6. The molecule has 2 aromatic carbocycles. The van der Waals surface area contributed by atoms with Gasteiger partial charge in [0.05, 0.1) is 11.8 Å². The number of hydrogen-bond acceptors (Lipinski definition) is 7. The van der Waals surface area contributed by atoms with Gasteiger partial charge in [0.25, 0.3) is 5.91 Å². The van der Waals surface area contributed by atoms with Gasteiger partial charge in [0, 0.05) is 17.9 Å². The Morgan fingerprint density at radius 3 is 2.28 bits per heavy atom. The molecule has 9 nitrogen and oxygen atoms in total. The number of carbonyl (C=O) groups excluding carboxylic acids is 2. The van der Waals surface area contributed by atoms with Crippen molar-refractivity contribution in [2.24, 2.45) is 0 Å². The first-order valence-electron chi connectivity index (χ1n) is 10.8. The van der Waals surface area contributed by atoms with Crippen LogP contribution in [0, 0.1) is 11.3 Å². The molecule has 0 fully saturated rings. The predicted octanol–water partition coefficient (Wildman–Crippen LogP) is 2.27. The van der Waals surface area contributed by atoms with Crippen LogP contribution >= 0.6 is 0 Å². The third-order valence-electron chi connectivity index (χ3n) is 4.88. The van der Waals surface area contributed by atoms with Crippen LogP contribution in [0.2, 0.25) is 0 Å². The van der Waals surface area contributed by atoms with Crippen LogP contribution in [0.25, 0.3) is 0 Å². The van der Waals surface area contributed by atoms with E-state index in [0.29, 0.717) is 18.4 Å². The van der Waals surface area contributed by atoms with Crippen molar-refractivity contribution in [1.29, 1.82) is 5.26 Å². The van der Waals surface area contributed by atoms with Crippen molar-refractivity contribution < 1.29 is 42.3 Å². The lowest BCUT2D eigenvalue weighted by Crippen LogP contribution is -2.49. The van der Waals surface area contributed by atoms with Crippen molar-refractivity contribution >= 4 is 30.1 Å². The number of alkyl halides is 3. The number of halogens is 3. The Morgan fingerprint density at radius 2 is 1.78 bits per heavy atom. The Bertz CT molecular complexity index is 1140. The highest BCUT2D eigenvalue weighted by atomic mass is 19.4. The van der Waals surface area contributed by atoms with Gasteiger partial charge in [-0.2, -0.15) is 5.26 Å². The molecule has 0 heterocycles. The number of nitrogens with one attached hydrogen (secondary N) is 2. The van der Waals surface area contributed by atoms with E-state index >= 15 is 0 Å². The summed E-state index contributed by atoms with van der Waals surface area (Å²) in [5, 5.41) is 34.5. The number of amides is 2. The summed E-state index contributed by atoms with van der Waals surface area (Å²) in [5.74, 6) is -1.72. The maximum absolute atomic E-state index is 12.6. The highest BCUT2D eigenvalue weighted by molar-refractivity contribution is 6.61. The number of hydrogen-bond donors (Lipinski definition) is 4. The van der Waals surface area contributed by atoms with Crippen molar-refractivity contribution in [2.75, 3.05) is 11.9 Å². The summed E-state index contributed by atoms with van der Waals surface area (Å²) < 4.78 is 46.4. The summed E-state index contributed by atoms with van der Waals surface area (Å²) in [6.07, 6.45) is -3.68. The fourth-order valence-corrected chi connectivity index (χ4v) is 3.30. The molecule has 0 aliphatic carbocycles. The van der Waals surface area contributed by atoms with Crippen LogP contribution in [-0.2, 0) is 11.2 Å². The smallest absolute Gasteiger partial charge is 0.488 e. The van der Waals surface area contributed by atoms with Crippen molar-refractivity contribution in [3.8, 4) is 17.6 Å². The van der Waals surface area contributed by atoms with Gasteiger partial charge in [0.15, 0.2) is 5.54 Å². The summed E-state index contributed by atoms with van der Waals surface area (Å²) in [6.45, 7) is 4.07. The van der Waals surface area contributed by atoms with Crippen LogP contribution in [0.4, 0.5) is 18.9 Å². The zero-order valence-electron chi connectivity index (χ0n) is 19.8. The molecule has 0 saturated heterocycles. The van der Waals surface area contributed by atoms with Gasteiger partial charge in [0.2, 0.25) is 5.91 Å². The molecular formula is C23H25BF3N3O6. The molecule has 2 rings (SSSR count). The Kier molecular flexibility index (Phi) is 9.32. The lowest BCUT2D eigenvalue weighted by atomic mass is 9.74. The fraction of sp³-hybridized carbons (Fsp3) is 0.348. The number of anilines is 1. The van der Waals surface area contributed by atoms with E-state index in [-0.39, 0.29) is 22.5 Å². The molecule has 0 radical (unpaired) electrons. The molecular weight excluding hydrogens is 482 g/mol. The molecule has 0 aromatic heterocycles. The van der Waals surface area contributed by atoms with E-state index in [2.05, 4.69) is 15.4 Å². The first-order chi connectivity index (χ1) is 16.8. The first-order valence-corrected chi connectivity index (χ1v) is 10.8. The monoisotopic (exact) mass is 507 g/mol. The highest BCUT2D eigenvalue weighted by Crippen LogP contribution is 2.27. The van der Waals surface area contributed by atoms with Gasteiger partial charge in [-0.3, -0.25) is 9.59 Å². The molecule has 1 unspecified atom stereocenters. The van der Waals surface area contributed by atoms with Gasteiger partial charge in [-0.15, -0.1) is 13.2 Å². The molecule has 0 aliphatic rings. The van der Waals surface area contributed by atoms with E-state index in [1.54, 1.807) is 6.07 Å². The minimum atomic E-state index is -4.88. The van der Waals surface area contributed by atoms with Gasteiger partial charge in [-0.1, -0.05) is 19.4 Å². The van der Waals surface area contributed by atoms with E-state index in [9.17, 15) is 38.1 Å². The van der Waals surface area contributed by atoms with Crippen LogP contribution < -0.4 is 25.6 Å². The second-order valence-corrected chi connectivity index (χ2v) is 8.08. The number of carbonyl (C=O) groups is 2. The standard InChI is InChI=1S/C23H25BF3N3O6/c1-4-5-15-8-11-18(20(29-14(2)31)19(15)24(33)34)35-13-22(3,12-28)30-21(32)16-6-9-17(10-7-16)36-23(25,26)27/h6-11,33-34H,4-5,13H2,1-3H3,(H,29,31)(H,30,32). The lowest BCUT2D eigenvalue weighted by Gasteiger charge is -2.25. The second kappa shape index (κ2) is 11.8. The van der Waals surface area contributed by atoms with E-state index in [1.807, 2.05) is 13.0 Å². The fourth-order valence-electron chi connectivity index (χ4n) is 3.30. The molecule has 2 amide bonds. The molecule has 0 saturated carbocycles. The van der Waals surface area contributed by atoms with E-state index in [0.717, 1.165) is 24.3 Å². The van der Waals surface area contributed by atoms with Gasteiger partial charge < -0.3 is 30.2 Å². The summed E-state index contributed by atoms with van der Waals surface area (Å²) in [6, 6.07) is 9.13. The van der Waals surface area contributed by atoms with E-state index in [4.69, 9.17) is 4.74 Å². The van der Waals surface area contributed by atoms with Crippen molar-refractivity contribution in [2.45, 2.75) is 45.5 Å². The normalized spacial score (nSPS) is 12.6. The minimum Gasteiger partial charge on any atom is -0.488 e. The Morgan fingerprint density at radius 1 is 1.14 bits per heavy atom. The second-order valence-electron chi connectivity index (χ2n) is 8.08. The topological polar surface area (TPSA) is 141 Å². The predicted molar refractivity (Wildman–Crippen MR) is 125 cm³/mol. The number of benzene rings is 2. The summed E-state index contributed by atoms with van der Waals surface area (Å²) in [4.78, 5) is 24.4. The van der Waals surface area contributed by atoms with E-state index < -0.39 is 43.2 Å². The lowest BCUT2D eigenvalue weighted by molar-refractivity contribution is -0.274. The zero-order valence-corrected chi connectivity index (χ0v) is 19.8. The Balaban J connectivity index is 2.24. The molecule has 13 heteroatoms. The van der Waals surface area contributed by atoms with Crippen LogP contribution in [-0.4, -0.2) is 47.5 Å². The average Bonchev–Trinajstić information content (AvgIpc) is 2.77. The number of aryl methyl sites for hydroxylation is 1. The van der Waals surface area contributed by atoms with Crippen molar-refractivity contribution in [3.05, 3.63) is 47.5 Å². The molecule has 0 aliphatic heterocycles. The molecule has 0 spiro atoms. The maximum Gasteiger partial charge on any atom is 0.573 e. The Hall–Kier alpha value is -3.76. The molecule has 0 bridgehead atoms. The molecule has 36 heavy (non-hydrogen) atoms. The van der Waals surface area contributed by atoms with Crippen LogP contribution in [0.5, 0.6) is 11.5 Å². The van der Waals surface area contributed by atoms with E-state index in [1.165, 1.54) is 19.9 Å². The zero-order chi connectivity index (χ0) is 27.1. The SMILES string of the molecule is CCCc1ccc(OCC(C)(C#N)NC(=O)c2ccc(OC(F)(F)F)cc2)c(NC(C)=O)c1B(O)O. The van der Waals surface area contributed by atoms with Crippen LogP contribution in [0.1, 0.15) is 43.1 Å². The molecule has 1 atom stereocenters. The minimum absolute atomic E-state index is 0.0234. The molecule has 2 aromatic rings.